The molecule has 0 radical (unpaired) electrons. The summed E-state index contributed by atoms with van der Waals surface area (Å²) in [6, 6.07) is 0. The number of ether oxygens (including phenoxy) is 1. The summed E-state index contributed by atoms with van der Waals surface area (Å²) >= 11 is 0. The van der Waals surface area contributed by atoms with Crippen LogP contribution in [-0.2, 0) is 9.53 Å². The summed E-state index contributed by atoms with van der Waals surface area (Å²) in [6.07, 6.45) is 4.17. The van der Waals surface area contributed by atoms with Crippen molar-refractivity contribution in [2.75, 3.05) is 0 Å². The van der Waals surface area contributed by atoms with Gasteiger partial charge in [-0.1, -0.05) is 26.3 Å². The average Bonchev–Trinajstić information content (AvgIpc) is 2.03. The standard InChI is InChI=1S/C10H18O2/c1-5-7-10(11)12-9(4)8(3)6-2/h5,7-9H,6H2,1-4H3. The molecule has 0 amide bonds. The van der Waals surface area contributed by atoms with Crippen molar-refractivity contribution in [3.8, 4) is 0 Å². The fourth-order valence-electron chi connectivity index (χ4n) is 0.807. The quantitative estimate of drug-likeness (QED) is 0.478. The van der Waals surface area contributed by atoms with Crippen LogP contribution < -0.4 is 0 Å². The molecular weight excluding hydrogens is 152 g/mol. The third-order valence-electron chi connectivity index (χ3n) is 2.05. The minimum atomic E-state index is -0.245. The highest BCUT2D eigenvalue weighted by molar-refractivity contribution is 5.81. The van der Waals surface area contributed by atoms with Crippen LogP contribution in [-0.4, -0.2) is 12.1 Å². The van der Waals surface area contributed by atoms with E-state index in [1.54, 1.807) is 13.0 Å². The molecule has 0 aliphatic carbocycles. The van der Waals surface area contributed by atoms with Gasteiger partial charge in [-0.05, 0) is 19.8 Å². The van der Waals surface area contributed by atoms with Crippen molar-refractivity contribution >= 4 is 5.97 Å². The van der Waals surface area contributed by atoms with Gasteiger partial charge in [-0.3, -0.25) is 0 Å². The van der Waals surface area contributed by atoms with Gasteiger partial charge in [0.05, 0.1) is 0 Å². The zero-order chi connectivity index (χ0) is 9.56. The van der Waals surface area contributed by atoms with Gasteiger partial charge < -0.3 is 4.74 Å². The molecule has 0 rings (SSSR count). The van der Waals surface area contributed by atoms with Gasteiger partial charge in [0, 0.05) is 6.08 Å². The van der Waals surface area contributed by atoms with E-state index in [0.29, 0.717) is 5.92 Å². The molecule has 2 atom stereocenters. The smallest absolute Gasteiger partial charge is 0.330 e. The molecule has 2 nitrogen and oxygen atoms in total. The average molecular weight is 170 g/mol. The van der Waals surface area contributed by atoms with Crippen molar-refractivity contribution in [2.45, 2.75) is 40.2 Å². The topological polar surface area (TPSA) is 26.3 Å². The molecule has 0 aromatic heterocycles. The van der Waals surface area contributed by atoms with Gasteiger partial charge in [-0.25, -0.2) is 4.79 Å². The Hall–Kier alpha value is -0.790. The Morgan fingerprint density at radius 1 is 1.50 bits per heavy atom. The van der Waals surface area contributed by atoms with Gasteiger partial charge in [0.2, 0.25) is 0 Å². The van der Waals surface area contributed by atoms with Crippen LogP contribution in [0.4, 0.5) is 0 Å². The van der Waals surface area contributed by atoms with Crippen molar-refractivity contribution in [3.63, 3.8) is 0 Å². The first kappa shape index (κ1) is 11.2. The summed E-state index contributed by atoms with van der Waals surface area (Å²) in [4.78, 5) is 11.0. The third-order valence-corrected chi connectivity index (χ3v) is 2.05. The molecule has 70 valence electrons. The number of hydrogen-bond donors (Lipinski definition) is 0. The molecule has 2 heteroatoms. The van der Waals surface area contributed by atoms with Crippen molar-refractivity contribution in [1.82, 2.24) is 0 Å². The Labute approximate surface area is 74.6 Å². The van der Waals surface area contributed by atoms with Crippen LogP contribution in [0, 0.1) is 5.92 Å². The SMILES string of the molecule is CC=CC(=O)OC(C)C(C)CC. The zero-order valence-electron chi connectivity index (χ0n) is 8.33. The Balaban J connectivity index is 3.83. The minimum absolute atomic E-state index is 0.0127. The summed E-state index contributed by atoms with van der Waals surface area (Å²) in [5.74, 6) is 0.185. The van der Waals surface area contributed by atoms with E-state index in [4.69, 9.17) is 4.74 Å². The first-order valence-corrected chi connectivity index (χ1v) is 4.45. The molecule has 0 aromatic carbocycles. The molecule has 0 fully saturated rings. The maximum absolute atomic E-state index is 11.0. The van der Waals surface area contributed by atoms with Crippen molar-refractivity contribution in [2.24, 2.45) is 5.92 Å². The van der Waals surface area contributed by atoms with Crippen molar-refractivity contribution < 1.29 is 9.53 Å². The van der Waals surface area contributed by atoms with E-state index in [2.05, 4.69) is 13.8 Å². The summed E-state index contributed by atoms with van der Waals surface area (Å²) in [6.45, 7) is 7.89. The Bertz CT molecular complexity index is 161. The van der Waals surface area contributed by atoms with Gasteiger partial charge in [-0.2, -0.15) is 0 Å². The maximum atomic E-state index is 11.0. The highest BCUT2D eigenvalue weighted by Crippen LogP contribution is 2.10. The Kier molecular flexibility index (Phi) is 5.43. The molecule has 0 aliphatic rings. The number of allylic oxidation sites excluding steroid dienone is 1. The molecule has 2 unspecified atom stereocenters. The fourth-order valence-corrected chi connectivity index (χ4v) is 0.807. The zero-order valence-corrected chi connectivity index (χ0v) is 8.33. The summed E-state index contributed by atoms with van der Waals surface area (Å²) in [5.41, 5.74) is 0. The lowest BCUT2D eigenvalue weighted by atomic mass is 10.0. The van der Waals surface area contributed by atoms with E-state index in [-0.39, 0.29) is 12.1 Å². The third kappa shape index (κ3) is 4.16. The van der Waals surface area contributed by atoms with E-state index in [1.807, 2.05) is 6.92 Å². The normalized spacial score (nSPS) is 16.0. The fraction of sp³-hybridized carbons (Fsp3) is 0.700. The molecule has 0 bridgehead atoms. The molecule has 12 heavy (non-hydrogen) atoms. The number of carbonyl (C=O) groups excluding carboxylic acids is 1. The number of rotatable bonds is 4. The molecule has 0 spiro atoms. The van der Waals surface area contributed by atoms with Crippen LogP contribution in [0.5, 0.6) is 0 Å². The molecule has 0 heterocycles. The molecule has 0 aliphatic heterocycles. The van der Waals surface area contributed by atoms with Gasteiger partial charge in [0.15, 0.2) is 0 Å². The minimum Gasteiger partial charge on any atom is -0.459 e. The Morgan fingerprint density at radius 2 is 2.08 bits per heavy atom. The highest BCUT2D eigenvalue weighted by Gasteiger charge is 2.12. The van der Waals surface area contributed by atoms with Crippen molar-refractivity contribution in [3.05, 3.63) is 12.2 Å². The predicted molar refractivity (Wildman–Crippen MR) is 49.8 cm³/mol. The molecule has 0 saturated heterocycles. The van der Waals surface area contributed by atoms with Crippen LogP contribution in [0.1, 0.15) is 34.1 Å². The number of esters is 1. The van der Waals surface area contributed by atoms with Crippen LogP contribution in [0.2, 0.25) is 0 Å². The molecule has 0 aromatic rings. The second-order valence-electron chi connectivity index (χ2n) is 3.03. The van der Waals surface area contributed by atoms with Gasteiger partial charge in [0.1, 0.15) is 6.10 Å². The van der Waals surface area contributed by atoms with E-state index in [1.165, 1.54) is 6.08 Å². The van der Waals surface area contributed by atoms with E-state index in [9.17, 15) is 4.79 Å². The lowest BCUT2D eigenvalue weighted by Gasteiger charge is -2.17. The number of carbonyl (C=O) groups is 1. The van der Waals surface area contributed by atoms with E-state index in [0.717, 1.165) is 6.42 Å². The first-order valence-electron chi connectivity index (χ1n) is 4.45. The van der Waals surface area contributed by atoms with Crippen LogP contribution in [0.3, 0.4) is 0 Å². The summed E-state index contributed by atoms with van der Waals surface area (Å²) in [5, 5.41) is 0. The van der Waals surface area contributed by atoms with Crippen LogP contribution in [0.15, 0.2) is 12.2 Å². The molecular formula is C10H18O2. The largest absolute Gasteiger partial charge is 0.459 e. The predicted octanol–water partition coefficient (Wildman–Crippen LogP) is 2.54. The van der Waals surface area contributed by atoms with Gasteiger partial charge >= 0.3 is 5.97 Å². The number of hydrogen-bond acceptors (Lipinski definition) is 2. The van der Waals surface area contributed by atoms with Crippen LogP contribution >= 0.6 is 0 Å². The summed E-state index contributed by atoms with van der Waals surface area (Å²) in [7, 11) is 0. The molecule has 0 saturated carbocycles. The highest BCUT2D eigenvalue weighted by atomic mass is 16.5. The Morgan fingerprint density at radius 3 is 2.50 bits per heavy atom. The monoisotopic (exact) mass is 170 g/mol. The van der Waals surface area contributed by atoms with Gasteiger partial charge in [-0.15, -0.1) is 0 Å². The van der Waals surface area contributed by atoms with E-state index >= 15 is 0 Å². The van der Waals surface area contributed by atoms with Crippen LogP contribution in [0.25, 0.3) is 0 Å². The second kappa shape index (κ2) is 5.81. The second-order valence-corrected chi connectivity index (χ2v) is 3.03. The lowest BCUT2D eigenvalue weighted by Crippen LogP contribution is -2.20. The lowest BCUT2D eigenvalue weighted by molar-refractivity contribution is -0.144. The molecule has 0 N–H and O–H groups in total. The van der Waals surface area contributed by atoms with Gasteiger partial charge in [0.25, 0.3) is 0 Å². The van der Waals surface area contributed by atoms with Crippen molar-refractivity contribution in [1.29, 1.82) is 0 Å². The van der Waals surface area contributed by atoms with E-state index < -0.39 is 0 Å². The first-order chi connectivity index (χ1) is 5.61. The maximum Gasteiger partial charge on any atom is 0.330 e. The summed E-state index contributed by atoms with van der Waals surface area (Å²) < 4.78 is 5.12.